The molecule has 5 nitrogen and oxygen atoms in total. The van der Waals surface area contributed by atoms with E-state index in [1.54, 1.807) is 19.2 Å². The highest BCUT2D eigenvalue weighted by Gasteiger charge is 2.39. The molecule has 1 aromatic rings. The minimum Gasteiger partial charge on any atom is -0.380 e. The van der Waals surface area contributed by atoms with Crippen molar-refractivity contribution in [1.82, 2.24) is 9.80 Å². The van der Waals surface area contributed by atoms with Gasteiger partial charge in [-0.25, -0.2) is 0 Å². The number of amides is 1. The van der Waals surface area contributed by atoms with Crippen molar-refractivity contribution in [2.45, 2.75) is 38.0 Å². The number of carbonyl (C=O) groups excluding carboxylic acids is 1. The van der Waals surface area contributed by atoms with E-state index in [9.17, 15) is 10.1 Å². The van der Waals surface area contributed by atoms with Crippen LogP contribution in [0.3, 0.4) is 0 Å². The zero-order chi connectivity index (χ0) is 17.1. The van der Waals surface area contributed by atoms with E-state index < -0.39 is 0 Å². The molecule has 6 heteroatoms. The highest BCUT2D eigenvalue weighted by Crippen LogP contribution is 2.27. The maximum Gasteiger partial charge on any atom is 0.240 e. The number of ether oxygens (including phenoxy) is 1. The quantitative estimate of drug-likeness (QED) is 0.839. The van der Waals surface area contributed by atoms with Gasteiger partial charge in [-0.05, 0) is 37.0 Å². The number of hydrogen-bond acceptors (Lipinski definition) is 4. The predicted molar refractivity (Wildman–Crippen MR) is 91.6 cm³/mol. The predicted octanol–water partition coefficient (Wildman–Crippen LogP) is 2.42. The molecule has 2 heterocycles. The Balaban J connectivity index is 1.79. The van der Waals surface area contributed by atoms with Crippen LogP contribution >= 0.6 is 11.6 Å². The van der Waals surface area contributed by atoms with Crippen molar-refractivity contribution in [3.63, 3.8) is 0 Å². The third kappa shape index (κ3) is 3.56. The number of benzene rings is 1. The van der Waals surface area contributed by atoms with Crippen LogP contribution in [0.4, 0.5) is 0 Å². The largest absolute Gasteiger partial charge is 0.380 e. The molecule has 0 spiro atoms. The van der Waals surface area contributed by atoms with Crippen molar-refractivity contribution in [3.8, 4) is 6.07 Å². The first-order valence-electron chi connectivity index (χ1n) is 8.36. The molecule has 0 bridgehead atoms. The van der Waals surface area contributed by atoms with Crippen LogP contribution in [0, 0.1) is 11.3 Å². The fraction of sp³-hybridized carbons (Fsp3) is 0.556. The Bertz CT molecular complexity index is 652. The van der Waals surface area contributed by atoms with Crippen molar-refractivity contribution in [3.05, 3.63) is 34.3 Å². The summed E-state index contributed by atoms with van der Waals surface area (Å²) in [5, 5.41) is 9.89. The lowest BCUT2D eigenvalue weighted by atomic mass is 10.1. The van der Waals surface area contributed by atoms with Gasteiger partial charge in [-0.2, -0.15) is 5.26 Å². The lowest BCUT2D eigenvalue weighted by molar-refractivity contribution is -0.135. The standard InChI is InChI=1S/C18H22ClN3O2/c1-24-16-9-17(18(23)21-6-2-3-7-21)22(12-16)11-13-4-5-15(19)8-14(13)10-20/h4-5,8,16-17H,2-3,6-7,9,11-12H2,1H3/t16-,17-/m0/s1. The lowest BCUT2D eigenvalue weighted by Gasteiger charge is -2.27. The molecule has 3 rings (SSSR count). The third-order valence-corrected chi connectivity index (χ3v) is 5.20. The molecule has 0 aliphatic carbocycles. The monoisotopic (exact) mass is 347 g/mol. The van der Waals surface area contributed by atoms with Gasteiger partial charge in [-0.3, -0.25) is 9.69 Å². The fourth-order valence-electron chi connectivity index (χ4n) is 3.62. The Morgan fingerprint density at radius 2 is 2.17 bits per heavy atom. The second-order valence-corrected chi connectivity index (χ2v) is 6.92. The first-order chi connectivity index (χ1) is 11.6. The molecule has 0 unspecified atom stereocenters. The molecule has 0 N–H and O–H groups in total. The summed E-state index contributed by atoms with van der Waals surface area (Å²) in [6.07, 6.45) is 2.94. The summed E-state index contributed by atoms with van der Waals surface area (Å²) in [7, 11) is 1.69. The van der Waals surface area contributed by atoms with Gasteiger partial charge in [0, 0.05) is 38.3 Å². The normalized spacial score (nSPS) is 24.3. The maximum absolute atomic E-state index is 12.9. The summed E-state index contributed by atoms with van der Waals surface area (Å²) in [5.74, 6) is 0.194. The number of carbonyl (C=O) groups is 1. The second-order valence-electron chi connectivity index (χ2n) is 6.48. The van der Waals surface area contributed by atoms with E-state index in [-0.39, 0.29) is 18.1 Å². The summed E-state index contributed by atoms with van der Waals surface area (Å²) in [6.45, 7) is 2.97. The fourth-order valence-corrected chi connectivity index (χ4v) is 3.79. The molecule has 2 fully saturated rings. The topological polar surface area (TPSA) is 56.6 Å². The van der Waals surface area contributed by atoms with Gasteiger partial charge in [0.25, 0.3) is 0 Å². The zero-order valence-corrected chi connectivity index (χ0v) is 14.6. The van der Waals surface area contributed by atoms with E-state index in [1.807, 2.05) is 11.0 Å². The number of likely N-dealkylation sites (tertiary alicyclic amines) is 2. The van der Waals surface area contributed by atoms with Crippen LogP contribution in [0.2, 0.25) is 5.02 Å². The van der Waals surface area contributed by atoms with Crippen molar-refractivity contribution >= 4 is 17.5 Å². The Kier molecular flexibility index (Phi) is 5.40. The van der Waals surface area contributed by atoms with Crippen molar-refractivity contribution < 1.29 is 9.53 Å². The van der Waals surface area contributed by atoms with Crippen LogP contribution in [0.5, 0.6) is 0 Å². The van der Waals surface area contributed by atoms with Crippen LogP contribution in [0.15, 0.2) is 18.2 Å². The average Bonchev–Trinajstić information content (AvgIpc) is 3.25. The number of nitrogens with zero attached hydrogens (tertiary/aromatic N) is 3. The summed E-state index contributed by atoms with van der Waals surface area (Å²) in [5.41, 5.74) is 1.47. The first-order valence-corrected chi connectivity index (χ1v) is 8.74. The van der Waals surface area contributed by atoms with Gasteiger partial charge in [0.05, 0.1) is 23.8 Å². The van der Waals surface area contributed by atoms with E-state index >= 15 is 0 Å². The molecule has 0 radical (unpaired) electrons. The Morgan fingerprint density at radius 1 is 1.42 bits per heavy atom. The number of hydrogen-bond donors (Lipinski definition) is 0. The van der Waals surface area contributed by atoms with E-state index in [0.717, 1.165) is 31.5 Å². The molecule has 1 aromatic carbocycles. The molecule has 1 amide bonds. The smallest absolute Gasteiger partial charge is 0.240 e. The third-order valence-electron chi connectivity index (χ3n) is 4.97. The Labute approximate surface area is 147 Å². The van der Waals surface area contributed by atoms with Crippen LogP contribution in [0.25, 0.3) is 0 Å². The van der Waals surface area contributed by atoms with Crippen LogP contribution in [0.1, 0.15) is 30.4 Å². The van der Waals surface area contributed by atoms with Gasteiger partial charge >= 0.3 is 0 Å². The number of methoxy groups -OCH3 is 1. The van der Waals surface area contributed by atoms with Crippen LogP contribution < -0.4 is 0 Å². The molecule has 2 atom stereocenters. The molecular formula is C18H22ClN3O2. The zero-order valence-electron chi connectivity index (χ0n) is 13.9. The van der Waals surface area contributed by atoms with E-state index in [0.29, 0.717) is 30.1 Å². The minimum atomic E-state index is -0.171. The van der Waals surface area contributed by atoms with E-state index in [4.69, 9.17) is 16.3 Å². The first kappa shape index (κ1) is 17.2. The van der Waals surface area contributed by atoms with Crippen LogP contribution in [-0.4, -0.2) is 54.6 Å². The van der Waals surface area contributed by atoms with Gasteiger partial charge in [0.1, 0.15) is 0 Å². The molecular weight excluding hydrogens is 326 g/mol. The molecule has 2 aliphatic rings. The lowest BCUT2D eigenvalue weighted by Crippen LogP contribution is -2.44. The van der Waals surface area contributed by atoms with Crippen LogP contribution in [-0.2, 0) is 16.1 Å². The number of rotatable bonds is 4. The molecule has 0 saturated carbocycles. The number of halogens is 1. The van der Waals surface area contributed by atoms with E-state index in [2.05, 4.69) is 11.0 Å². The van der Waals surface area contributed by atoms with Crippen molar-refractivity contribution in [2.24, 2.45) is 0 Å². The minimum absolute atomic E-state index is 0.0550. The molecule has 24 heavy (non-hydrogen) atoms. The Morgan fingerprint density at radius 3 is 2.83 bits per heavy atom. The summed E-state index contributed by atoms with van der Waals surface area (Å²) in [6, 6.07) is 7.37. The van der Waals surface area contributed by atoms with Gasteiger partial charge in [-0.1, -0.05) is 17.7 Å². The SMILES string of the molecule is CO[C@H]1C[C@@H](C(=O)N2CCCC2)N(Cc2ccc(Cl)cc2C#N)C1. The van der Waals surface area contributed by atoms with Gasteiger partial charge < -0.3 is 9.64 Å². The highest BCUT2D eigenvalue weighted by atomic mass is 35.5. The maximum atomic E-state index is 12.9. The molecule has 128 valence electrons. The summed E-state index contributed by atoms with van der Waals surface area (Å²) < 4.78 is 5.50. The van der Waals surface area contributed by atoms with Crippen molar-refractivity contribution in [1.29, 1.82) is 5.26 Å². The number of nitriles is 1. The van der Waals surface area contributed by atoms with Gasteiger partial charge in [0.15, 0.2) is 0 Å². The average molecular weight is 348 g/mol. The van der Waals surface area contributed by atoms with Gasteiger partial charge in [0.2, 0.25) is 5.91 Å². The molecule has 2 aliphatic heterocycles. The van der Waals surface area contributed by atoms with Gasteiger partial charge in [-0.15, -0.1) is 0 Å². The van der Waals surface area contributed by atoms with E-state index in [1.165, 1.54) is 0 Å². The Hall–Kier alpha value is -1.61. The molecule has 2 saturated heterocycles. The second kappa shape index (κ2) is 7.52. The van der Waals surface area contributed by atoms with Crippen molar-refractivity contribution in [2.75, 3.05) is 26.7 Å². The molecule has 0 aromatic heterocycles. The summed E-state index contributed by atoms with van der Waals surface area (Å²) in [4.78, 5) is 17.0. The summed E-state index contributed by atoms with van der Waals surface area (Å²) >= 11 is 5.98. The highest BCUT2D eigenvalue weighted by molar-refractivity contribution is 6.30.